The highest BCUT2D eigenvalue weighted by atomic mass is 35.5. The zero-order valence-corrected chi connectivity index (χ0v) is 19.9. The first-order valence-corrected chi connectivity index (χ1v) is 11.2. The molecular weight excluding hydrogens is 440 g/mol. The lowest BCUT2D eigenvalue weighted by molar-refractivity contribution is -0.160. The first-order valence-electron chi connectivity index (χ1n) is 10.8. The molecule has 8 heteroatoms. The molecule has 3 heterocycles. The number of hydrogen-bond acceptors (Lipinski definition) is 4. The zero-order chi connectivity index (χ0) is 23.7. The summed E-state index contributed by atoms with van der Waals surface area (Å²) in [6, 6.07) is 9.61. The molecule has 0 bridgehead atoms. The Kier molecular flexibility index (Phi) is 4.88. The highest BCUT2D eigenvalue weighted by molar-refractivity contribution is 6.30. The summed E-state index contributed by atoms with van der Waals surface area (Å²) in [5.41, 5.74) is 6.34. The van der Waals surface area contributed by atoms with Crippen molar-refractivity contribution in [1.29, 1.82) is 0 Å². The Morgan fingerprint density at radius 1 is 1.21 bits per heavy atom. The molecule has 1 aliphatic heterocycles. The number of nitrogens with zero attached hydrogens (tertiary/aromatic N) is 4. The van der Waals surface area contributed by atoms with E-state index in [1.807, 2.05) is 56.6 Å². The number of carboxylic acids is 1. The Hall–Kier alpha value is -3.16. The van der Waals surface area contributed by atoms with Crippen LogP contribution in [0.15, 0.2) is 36.5 Å². The maximum absolute atomic E-state index is 12.6. The summed E-state index contributed by atoms with van der Waals surface area (Å²) < 4.78 is 10.2. The zero-order valence-electron chi connectivity index (χ0n) is 19.2. The fourth-order valence-electron chi connectivity index (χ4n) is 4.78. The average Bonchev–Trinajstić information content (AvgIpc) is 3.33. The van der Waals surface area contributed by atoms with Gasteiger partial charge in [0, 0.05) is 21.7 Å². The molecule has 0 saturated carbocycles. The van der Waals surface area contributed by atoms with Crippen LogP contribution in [-0.2, 0) is 16.1 Å². The molecule has 33 heavy (non-hydrogen) atoms. The number of fused-ring (bicyclic) bond motifs is 2. The van der Waals surface area contributed by atoms with E-state index in [1.165, 1.54) is 0 Å². The molecule has 0 radical (unpaired) electrons. The fraction of sp³-hybridized carbons (Fsp3) is 0.320. The molecular formula is C25H25ClN4O3. The lowest BCUT2D eigenvalue weighted by atomic mass is 9.87. The van der Waals surface area contributed by atoms with E-state index in [0.29, 0.717) is 17.1 Å². The molecule has 1 atom stereocenters. The summed E-state index contributed by atoms with van der Waals surface area (Å²) in [4.78, 5) is 12.6. The van der Waals surface area contributed by atoms with Gasteiger partial charge >= 0.3 is 5.97 Å². The van der Waals surface area contributed by atoms with Gasteiger partial charge in [-0.1, -0.05) is 28.9 Å². The van der Waals surface area contributed by atoms with Crippen LogP contribution in [0, 0.1) is 13.8 Å². The van der Waals surface area contributed by atoms with Crippen LogP contribution in [0.25, 0.3) is 27.7 Å². The summed E-state index contributed by atoms with van der Waals surface area (Å²) in [6.45, 7) is 10.2. The Bertz CT molecular complexity index is 1410. The first-order chi connectivity index (χ1) is 15.6. The lowest BCUT2D eigenvalue weighted by Crippen LogP contribution is -2.29. The van der Waals surface area contributed by atoms with Crippen LogP contribution in [0.5, 0.6) is 0 Å². The second-order valence-electron chi connectivity index (χ2n) is 9.49. The van der Waals surface area contributed by atoms with Crippen LogP contribution in [0.4, 0.5) is 0 Å². The fourth-order valence-corrected chi connectivity index (χ4v) is 4.91. The monoisotopic (exact) mass is 464 g/mol. The van der Waals surface area contributed by atoms with E-state index in [9.17, 15) is 9.90 Å². The minimum atomic E-state index is -1.17. The van der Waals surface area contributed by atoms with Crippen molar-refractivity contribution in [2.75, 3.05) is 0 Å². The van der Waals surface area contributed by atoms with Crippen molar-refractivity contribution in [2.45, 2.75) is 52.9 Å². The SMILES string of the molecule is Cc1c([C@H](OC(C)(C)C)C(=O)O)c(-c2ccc(Cl)cc2)c2cc(C)n3c2c1-n1nncc1C3. The number of aliphatic carboxylic acids is 1. The van der Waals surface area contributed by atoms with E-state index in [1.54, 1.807) is 6.20 Å². The molecule has 0 saturated heterocycles. The molecule has 2 aromatic heterocycles. The molecule has 0 fully saturated rings. The number of benzene rings is 2. The lowest BCUT2D eigenvalue weighted by Gasteiger charge is -2.30. The smallest absolute Gasteiger partial charge is 0.337 e. The quantitative estimate of drug-likeness (QED) is 0.382. The van der Waals surface area contributed by atoms with Gasteiger partial charge in [-0.25, -0.2) is 9.48 Å². The van der Waals surface area contributed by atoms with Crippen LogP contribution >= 0.6 is 11.6 Å². The number of carboxylic acid groups (broad SMARTS) is 1. The minimum absolute atomic E-state index is 0.614. The molecule has 0 aliphatic carbocycles. The molecule has 0 amide bonds. The van der Waals surface area contributed by atoms with Gasteiger partial charge < -0.3 is 14.4 Å². The highest BCUT2D eigenvalue weighted by Gasteiger charge is 2.35. The number of carbonyl (C=O) groups is 1. The van der Waals surface area contributed by atoms with Crippen LogP contribution < -0.4 is 0 Å². The molecule has 170 valence electrons. The number of aromatic nitrogens is 4. The van der Waals surface area contributed by atoms with E-state index in [4.69, 9.17) is 16.3 Å². The topological polar surface area (TPSA) is 82.2 Å². The van der Waals surface area contributed by atoms with Crippen LogP contribution in [0.3, 0.4) is 0 Å². The number of rotatable bonds is 4. The summed E-state index contributed by atoms with van der Waals surface area (Å²) in [6.07, 6.45) is 0.578. The van der Waals surface area contributed by atoms with E-state index in [-0.39, 0.29) is 0 Å². The van der Waals surface area contributed by atoms with Crippen LogP contribution in [-0.4, -0.2) is 36.2 Å². The van der Waals surface area contributed by atoms with Gasteiger partial charge in [-0.3, -0.25) is 0 Å². The summed E-state index contributed by atoms with van der Waals surface area (Å²) >= 11 is 6.18. The van der Waals surface area contributed by atoms with E-state index >= 15 is 0 Å². The Morgan fingerprint density at radius 2 is 1.91 bits per heavy atom. The van der Waals surface area contributed by atoms with Crippen molar-refractivity contribution >= 4 is 28.5 Å². The van der Waals surface area contributed by atoms with Gasteiger partial charge in [-0.2, -0.15) is 0 Å². The molecule has 4 aromatic rings. The minimum Gasteiger partial charge on any atom is -0.479 e. The van der Waals surface area contributed by atoms with Gasteiger partial charge in [-0.05, 0) is 69.5 Å². The van der Waals surface area contributed by atoms with Gasteiger partial charge in [0.1, 0.15) is 0 Å². The highest BCUT2D eigenvalue weighted by Crippen LogP contribution is 2.46. The largest absolute Gasteiger partial charge is 0.479 e. The number of aryl methyl sites for hydroxylation is 1. The number of ether oxygens (including phenoxy) is 1. The van der Waals surface area contributed by atoms with Gasteiger partial charge in [0.15, 0.2) is 6.10 Å². The molecule has 2 aromatic carbocycles. The van der Waals surface area contributed by atoms with Gasteiger partial charge in [0.05, 0.1) is 35.2 Å². The predicted octanol–water partition coefficient (Wildman–Crippen LogP) is 5.46. The number of halogens is 1. The Morgan fingerprint density at radius 3 is 2.55 bits per heavy atom. The molecule has 0 unspecified atom stereocenters. The Labute approximate surface area is 196 Å². The molecule has 1 aliphatic rings. The molecule has 5 rings (SSSR count). The van der Waals surface area contributed by atoms with E-state index < -0.39 is 17.7 Å². The van der Waals surface area contributed by atoms with E-state index in [0.717, 1.165) is 44.7 Å². The van der Waals surface area contributed by atoms with Gasteiger partial charge in [-0.15, -0.1) is 5.10 Å². The normalized spacial score (nSPS) is 13.9. The standard InChI is InChI=1S/C25H25ClN4O3/c1-13-10-18-20(15-6-8-16(26)9-7-15)19(23(24(31)32)33-25(3,4)5)14(2)21-22(18)29(13)12-17-11-27-28-30(17)21/h6-11,23H,12H2,1-5H3,(H,31,32)/t23-/m0/s1. The van der Waals surface area contributed by atoms with Crippen molar-refractivity contribution in [3.05, 3.63) is 64.1 Å². The maximum atomic E-state index is 12.6. The predicted molar refractivity (Wildman–Crippen MR) is 127 cm³/mol. The third-order valence-corrected chi connectivity index (χ3v) is 6.32. The summed E-state index contributed by atoms with van der Waals surface area (Å²) in [7, 11) is 0. The third-order valence-electron chi connectivity index (χ3n) is 6.07. The second kappa shape index (κ2) is 7.43. The number of hydrogen-bond donors (Lipinski definition) is 1. The molecule has 0 spiro atoms. The van der Waals surface area contributed by atoms with Crippen molar-refractivity contribution in [1.82, 2.24) is 19.6 Å². The van der Waals surface area contributed by atoms with Crippen molar-refractivity contribution < 1.29 is 14.6 Å². The maximum Gasteiger partial charge on any atom is 0.337 e. The van der Waals surface area contributed by atoms with Crippen LogP contribution in [0.1, 0.15) is 49.4 Å². The third kappa shape index (κ3) is 3.43. The van der Waals surface area contributed by atoms with Crippen molar-refractivity contribution in [3.8, 4) is 16.8 Å². The van der Waals surface area contributed by atoms with Crippen molar-refractivity contribution in [2.24, 2.45) is 0 Å². The second-order valence-corrected chi connectivity index (χ2v) is 9.93. The van der Waals surface area contributed by atoms with E-state index in [2.05, 4.69) is 27.9 Å². The Balaban J connectivity index is 1.95. The van der Waals surface area contributed by atoms with Crippen molar-refractivity contribution in [3.63, 3.8) is 0 Å². The van der Waals surface area contributed by atoms with Gasteiger partial charge in [0.2, 0.25) is 0 Å². The molecule has 7 nitrogen and oxygen atoms in total. The first kappa shape index (κ1) is 21.7. The summed E-state index contributed by atoms with van der Waals surface area (Å²) in [5, 5.41) is 20.3. The summed E-state index contributed by atoms with van der Waals surface area (Å²) in [5.74, 6) is -1.04. The average molecular weight is 465 g/mol. The van der Waals surface area contributed by atoms with Gasteiger partial charge in [0.25, 0.3) is 0 Å². The van der Waals surface area contributed by atoms with Crippen LogP contribution in [0.2, 0.25) is 5.02 Å². The molecule has 1 N–H and O–H groups in total.